The van der Waals surface area contributed by atoms with Crippen LogP contribution in [0.3, 0.4) is 0 Å². The average molecular weight is 256 g/mol. The molecule has 0 N–H and O–H groups in total. The Bertz CT molecular complexity index is 323. The number of rotatable bonds is 3. The van der Waals surface area contributed by atoms with Crippen molar-refractivity contribution in [3.63, 3.8) is 0 Å². The predicted molar refractivity (Wildman–Crippen MR) is 59.6 cm³/mol. The number of aryl methyl sites for hydroxylation is 1. The Morgan fingerprint density at radius 2 is 2.29 bits per heavy atom. The number of hydrogen-bond acceptors (Lipinski definition) is 2. The van der Waals surface area contributed by atoms with E-state index in [0.717, 1.165) is 22.5 Å². The molecule has 0 saturated heterocycles. The van der Waals surface area contributed by atoms with E-state index in [1.54, 1.807) is 0 Å². The van der Waals surface area contributed by atoms with E-state index in [4.69, 9.17) is 4.74 Å². The molecule has 14 heavy (non-hydrogen) atoms. The molecule has 2 nitrogen and oxygen atoms in total. The Labute approximate surface area is 92.8 Å². The highest BCUT2D eigenvalue weighted by Gasteiger charge is 2.19. The van der Waals surface area contributed by atoms with E-state index < -0.39 is 0 Å². The van der Waals surface area contributed by atoms with Crippen LogP contribution in [0.4, 0.5) is 0 Å². The molecule has 1 saturated carbocycles. The van der Waals surface area contributed by atoms with Gasteiger partial charge in [0.25, 0.3) is 0 Å². The van der Waals surface area contributed by atoms with E-state index in [1.165, 1.54) is 19.3 Å². The molecular weight excluding hydrogens is 242 g/mol. The molecule has 1 aromatic rings. The molecule has 2 rings (SSSR count). The molecule has 0 radical (unpaired) electrons. The fraction of sp³-hybridized carbons (Fsp3) is 0.545. The lowest BCUT2D eigenvalue weighted by Crippen LogP contribution is -2.25. The van der Waals surface area contributed by atoms with Gasteiger partial charge < -0.3 is 4.74 Å². The Hall–Kier alpha value is -0.570. The molecule has 3 heteroatoms. The summed E-state index contributed by atoms with van der Waals surface area (Å²) in [6.07, 6.45) is 5.00. The number of hydrogen-bond donors (Lipinski definition) is 0. The summed E-state index contributed by atoms with van der Waals surface area (Å²) in [6.45, 7) is 2.10. The summed E-state index contributed by atoms with van der Waals surface area (Å²) < 4.78 is 6.79. The largest absolute Gasteiger partial charge is 0.474 e. The third-order valence-corrected chi connectivity index (χ3v) is 3.29. The van der Waals surface area contributed by atoms with Gasteiger partial charge >= 0.3 is 0 Å². The first-order chi connectivity index (χ1) is 6.79. The molecule has 1 fully saturated rings. The van der Waals surface area contributed by atoms with Gasteiger partial charge in [-0.1, -0.05) is 6.92 Å². The van der Waals surface area contributed by atoms with E-state index in [-0.39, 0.29) is 0 Å². The molecule has 1 aliphatic rings. The quantitative estimate of drug-likeness (QED) is 0.827. The van der Waals surface area contributed by atoms with E-state index in [9.17, 15) is 0 Å². The van der Waals surface area contributed by atoms with Gasteiger partial charge in [0.1, 0.15) is 6.10 Å². The first-order valence-electron chi connectivity index (χ1n) is 5.11. The summed E-state index contributed by atoms with van der Waals surface area (Å²) in [6, 6.07) is 3.95. The van der Waals surface area contributed by atoms with Crippen LogP contribution in [0, 0.1) is 0 Å². The molecular formula is C11H14BrNO. The van der Waals surface area contributed by atoms with Crippen molar-refractivity contribution in [3.8, 4) is 5.88 Å². The second-order valence-electron chi connectivity index (χ2n) is 3.60. The van der Waals surface area contributed by atoms with Gasteiger partial charge in [0.15, 0.2) is 0 Å². The van der Waals surface area contributed by atoms with Crippen molar-refractivity contribution in [3.05, 3.63) is 22.3 Å². The zero-order valence-corrected chi connectivity index (χ0v) is 9.88. The standard InChI is InChI=1S/C11H14BrNO/c1-2-10-9(12)6-7-11(13-10)14-8-4-3-5-8/h6-8H,2-5H2,1H3. The highest BCUT2D eigenvalue weighted by atomic mass is 79.9. The molecule has 0 unspecified atom stereocenters. The molecule has 1 heterocycles. The van der Waals surface area contributed by atoms with Crippen molar-refractivity contribution in [2.75, 3.05) is 0 Å². The van der Waals surface area contributed by atoms with Crippen LogP contribution < -0.4 is 4.74 Å². The SMILES string of the molecule is CCc1nc(OC2CCC2)ccc1Br. The van der Waals surface area contributed by atoms with Crippen LogP contribution in [-0.4, -0.2) is 11.1 Å². The minimum Gasteiger partial charge on any atom is -0.474 e. The topological polar surface area (TPSA) is 22.1 Å². The Morgan fingerprint density at radius 1 is 1.50 bits per heavy atom. The summed E-state index contributed by atoms with van der Waals surface area (Å²) >= 11 is 3.47. The maximum absolute atomic E-state index is 5.72. The zero-order valence-electron chi connectivity index (χ0n) is 8.29. The molecule has 0 amide bonds. The molecule has 0 atom stereocenters. The predicted octanol–water partition coefficient (Wildman–Crippen LogP) is 3.34. The van der Waals surface area contributed by atoms with Crippen molar-refractivity contribution in [1.29, 1.82) is 0 Å². The normalized spacial score (nSPS) is 16.4. The summed E-state index contributed by atoms with van der Waals surface area (Å²) in [5.74, 6) is 0.773. The van der Waals surface area contributed by atoms with Crippen LogP contribution in [0.5, 0.6) is 5.88 Å². The molecule has 1 aromatic heterocycles. The van der Waals surface area contributed by atoms with Gasteiger partial charge in [-0.05, 0) is 47.7 Å². The smallest absolute Gasteiger partial charge is 0.213 e. The Balaban J connectivity index is 2.09. The van der Waals surface area contributed by atoms with Gasteiger partial charge in [0.05, 0.1) is 5.69 Å². The number of ether oxygens (including phenoxy) is 1. The second kappa shape index (κ2) is 4.30. The van der Waals surface area contributed by atoms with Crippen molar-refractivity contribution in [2.45, 2.75) is 38.7 Å². The van der Waals surface area contributed by atoms with E-state index >= 15 is 0 Å². The molecule has 76 valence electrons. The van der Waals surface area contributed by atoms with Gasteiger partial charge in [0.2, 0.25) is 5.88 Å². The minimum absolute atomic E-state index is 0.411. The van der Waals surface area contributed by atoms with Crippen molar-refractivity contribution in [2.24, 2.45) is 0 Å². The maximum Gasteiger partial charge on any atom is 0.213 e. The average Bonchev–Trinajstić information content (AvgIpc) is 2.14. The molecule has 1 aliphatic carbocycles. The van der Waals surface area contributed by atoms with Crippen LogP contribution in [0.25, 0.3) is 0 Å². The molecule has 0 aliphatic heterocycles. The number of pyridine rings is 1. The fourth-order valence-corrected chi connectivity index (χ4v) is 1.94. The molecule has 0 aromatic carbocycles. The summed E-state index contributed by atoms with van der Waals surface area (Å²) in [5.41, 5.74) is 1.07. The molecule has 0 spiro atoms. The Morgan fingerprint density at radius 3 is 2.86 bits per heavy atom. The van der Waals surface area contributed by atoms with Crippen molar-refractivity contribution < 1.29 is 4.74 Å². The van der Waals surface area contributed by atoms with Crippen LogP contribution >= 0.6 is 15.9 Å². The summed E-state index contributed by atoms with van der Waals surface area (Å²) in [5, 5.41) is 0. The lowest BCUT2D eigenvalue weighted by atomic mass is 9.96. The van der Waals surface area contributed by atoms with Gasteiger partial charge in [0, 0.05) is 10.5 Å². The van der Waals surface area contributed by atoms with Gasteiger partial charge in [-0.25, -0.2) is 4.98 Å². The second-order valence-corrected chi connectivity index (χ2v) is 4.46. The van der Waals surface area contributed by atoms with Crippen LogP contribution in [0.15, 0.2) is 16.6 Å². The van der Waals surface area contributed by atoms with E-state index in [2.05, 4.69) is 27.8 Å². The first-order valence-corrected chi connectivity index (χ1v) is 5.91. The first kappa shape index (κ1) is 9.97. The van der Waals surface area contributed by atoms with Gasteiger partial charge in [-0.15, -0.1) is 0 Å². The third kappa shape index (κ3) is 2.08. The maximum atomic E-state index is 5.72. The molecule has 0 bridgehead atoms. The fourth-order valence-electron chi connectivity index (χ4n) is 1.44. The third-order valence-electron chi connectivity index (χ3n) is 2.57. The minimum atomic E-state index is 0.411. The number of aromatic nitrogens is 1. The monoisotopic (exact) mass is 255 g/mol. The number of nitrogens with zero attached hydrogens (tertiary/aromatic N) is 1. The Kier molecular flexibility index (Phi) is 3.06. The lowest BCUT2D eigenvalue weighted by molar-refractivity contribution is 0.114. The van der Waals surface area contributed by atoms with Crippen LogP contribution in [0.2, 0.25) is 0 Å². The zero-order chi connectivity index (χ0) is 9.97. The summed E-state index contributed by atoms with van der Waals surface area (Å²) in [7, 11) is 0. The van der Waals surface area contributed by atoms with E-state index in [1.807, 2.05) is 12.1 Å². The van der Waals surface area contributed by atoms with Gasteiger partial charge in [-0.2, -0.15) is 0 Å². The van der Waals surface area contributed by atoms with Crippen LogP contribution in [-0.2, 0) is 6.42 Å². The highest BCUT2D eigenvalue weighted by Crippen LogP contribution is 2.25. The van der Waals surface area contributed by atoms with Crippen molar-refractivity contribution in [1.82, 2.24) is 4.98 Å². The van der Waals surface area contributed by atoms with E-state index in [0.29, 0.717) is 6.10 Å². The number of halogens is 1. The summed E-state index contributed by atoms with van der Waals surface area (Å²) in [4.78, 5) is 4.44. The lowest BCUT2D eigenvalue weighted by Gasteiger charge is -2.25. The van der Waals surface area contributed by atoms with Crippen LogP contribution in [0.1, 0.15) is 31.9 Å². The van der Waals surface area contributed by atoms with Crippen molar-refractivity contribution >= 4 is 15.9 Å². The van der Waals surface area contributed by atoms with Gasteiger partial charge in [-0.3, -0.25) is 0 Å². The highest BCUT2D eigenvalue weighted by molar-refractivity contribution is 9.10.